The topological polar surface area (TPSA) is 12.0 Å². The van der Waals surface area contributed by atoms with E-state index in [0.717, 1.165) is 17.8 Å². The molecule has 3 atom stereocenters. The van der Waals surface area contributed by atoms with Gasteiger partial charge in [0.25, 0.3) is 0 Å². The summed E-state index contributed by atoms with van der Waals surface area (Å²) in [5.74, 6) is 2.96. The van der Waals surface area contributed by atoms with Gasteiger partial charge in [0.2, 0.25) is 0 Å². The van der Waals surface area contributed by atoms with Crippen LogP contribution in [0.2, 0.25) is 0 Å². The molecule has 1 heteroatoms. The maximum Gasteiger partial charge on any atom is -0.00209 e. The third kappa shape index (κ3) is 2.48. The predicted molar refractivity (Wildman–Crippen MR) is 54.2 cm³/mol. The van der Waals surface area contributed by atoms with E-state index in [1.807, 2.05) is 0 Å². The minimum Gasteiger partial charge on any atom is -0.319 e. The SMILES string of the molecule is CCC(C)CC1CCC1CNC. The van der Waals surface area contributed by atoms with Gasteiger partial charge in [-0.3, -0.25) is 0 Å². The summed E-state index contributed by atoms with van der Waals surface area (Å²) >= 11 is 0. The zero-order chi connectivity index (χ0) is 8.97. The summed E-state index contributed by atoms with van der Waals surface area (Å²) in [5, 5.41) is 3.29. The Morgan fingerprint density at radius 3 is 2.42 bits per heavy atom. The first kappa shape index (κ1) is 10.0. The van der Waals surface area contributed by atoms with Crippen LogP contribution >= 0.6 is 0 Å². The van der Waals surface area contributed by atoms with E-state index >= 15 is 0 Å². The van der Waals surface area contributed by atoms with Crippen LogP contribution in [0.3, 0.4) is 0 Å². The molecule has 0 aromatic rings. The van der Waals surface area contributed by atoms with Crippen molar-refractivity contribution in [1.29, 1.82) is 0 Å². The van der Waals surface area contributed by atoms with E-state index < -0.39 is 0 Å². The molecule has 0 aromatic carbocycles. The van der Waals surface area contributed by atoms with Gasteiger partial charge in [0.05, 0.1) is 0 Å². The van der Waals surface area contributed by atoms with Gasteiger partial charge in [-0.05, 0) is 50.6 Å². The van der Waals surface area contributed by atoms with Gasteiger partial charge in [-0.25, -0.2) is 0 Å². The molecule has 0 radical (unpaired) electrons. The summed E-state index contributed by atoms with van der Waals surface area (Å²) in [6.45, 7) is 5.92. The highest BCUT2D eigenvalue weighted by atomic mass is 14.8. The Morgan fingerprint density at radius 2 is 2.00 bits per heavy atom. The maximum absolute atomic E-state index is 3.29. The van der Waals surface area contributed by atoms with Crippen LogP contribution < -0.4 is 5.32 Å². The Balaban J connectivity index is 2.15. The number of hydrogen-bond donors (Lipinski definition) is 1. The standard InChI is InChI=1S/C11H23N/c1-4-9(2)7-10-5-6-11(10)8-12-3/h9-12H,4-8H2,1-3H3. The highest BCUT2D eigenvalue weighted by molar-refractivity contribution is 4.82. The van der Waals surface area contributed by atoms with E-state index in [9.17, 15) is 0 Å². The Morgan fingerprint density at radius 1 is 1.33 bits per heavy atom. The first-order valence-electron chi connectivity index (χ1n) is 5.42. The van der Waals surface area contributed by atoms with Gasteiger partial charge < -0.3 is 5.32 Å². The zero-order valence-electron chi connectivity index (χ0n) is 8.77. The molecule has 12 heavy (non-hydrogen) atoms. The van der Waals surface area contributed by atoms with Gasteiger partial charge in [0.1, 0.15) is 0 Å². The predicted octanol–water partition coefficient (Wildman–Crippen LogP) is 2.67. The van der Waals surface area contributed by atoms with Gasteiger partial charge in [0, 0.05) is 0 Å². The van der Waals surface area contributed by atoms with Crippen LogP contribution in [-0.4, -0.2) is 13.6 Å². The summed E-state index contributed by atoms with van der Waals surface area (Å²) < 4.78 is 0. The number of rotatable bonds is 5. The quantitative estimate of drug-likeness (QED) is 0.667. The minimum absolute atomic E-state index is 0.939. The van der Waals surface area contributed by atoms with E-state index in [0.29, 0.717) is 0 Å². The fraction of sp³-hybridized carbons (Fsp3) is 1.00. The molecule has 0 saturated heterocycles. The second-order valence-electron chi connectivity index (χ2n) is 4.40. The summed E-state index contributed by atoms with van der Waals surface area (Å²) in [6, 6.07) is 0. The van der Waals surface area contributed by atoms with Crippen LogP contribution in [0.5, 0.6) is 0 Å². The van der Waals surface area contributed by atoms with Crippen molar-refractivity contribution in [2.45, 2.75) is 39.5 Å². The Labute approximate surface area is 76.9 Å². The van der Waals surface area contributed by atoms with Crippen LogP contribution in [0, 0.1) is 17.8 Å². The van der Waals surface area contributed by atoms with E-state index in [4.69, 9.17) is 0 Å². The van der Waals surface area contributed by atoms with Crippen molar-refractivity contribution < 1.29 is 0 Å². The largest absolute Gasteiger partial charge is 0.319 e. The maximum atomic E-state index is 3.29. The fourth-order valence-corrected chi connectivity index (χ4v) is 2.16. The monoisotopic (exact) mass is 169 g/mol. The average Bonchev–Trinajstić information content (AvgIpc) is 2.08. The van der Waals surface area contributed by atoms with E-state index in [-0.39, 0.29) is 0 Å². The lowest BCUT2D eigenvalue weighted by atomic mass is 9.69. The molecule has 1 fully saturated rings. The molecule has 0 aliphatic heterocycles. The molecule has 1 aliphatic carbocycles. The van der Waals surface area contributed by atoms with Crippen LogP contribution in [0.1, 0.15) is 39.5 Å². The summed E-state index contributed by atoms with van der Waals surface area (Å²) in [7, 11) is 2.07. The molecular weight excluding hydrogens is 146 g/mol. The molecule has 1 N–H and O–H groups in total. The molecular formula is C11H23N. The number of hydrogen-bond acceptors (Lipinski definition) is 1. The Kier molecular flexibility index (Phi) is 4.07. The lowest BCUT2D eigenvalue weighted by molar-refractivity contribution is 0.142. The highest BCUT2D eigenvalue weighted by Gasteiger charge is 2.30. The summed E-state index contributed by atoms with van der Waals surface area (Å²) in [4.78, 5) is 0. The van der Waals surface area contributed by atoms with Crippen LogP contribution in [0.25, 0.3) is 0 Å². The van der Waals surface area contributed by atoms with Crippen molar-refractivity contribution in [2.24, 2.45) is 17.8 Å². The van der Waals surface area contributed by atoms with Crippen LogP contribution in [-0.2, 0) is 0 Å². The molecule has 3 unspecified atom stereocenters. The first-order valence-corrected chi connectivity index (χ1v) is 5.42. The Hall–Kier alpha value is -0.0400. The van der Waals surface area contributed by atoms with Gasteiger partial charge in [-0.15, -0.1) is 0 Å². The molecule has 72 valence electrons. The highest BCUT2D eigenvalue weighted by Crippen LogP contribution is 2.38. The lowest BCUT2D eigenvalue weighted by Crippen LogP contribution is -2.34. The summed E-state index contributed by atoms with van der Waals surface area (Å²) in [5.41, 5.74) is 0. The second kappa shape index (κ2) is 4.86. The van der Waals surface area contributed by atoms with Gasteiger partial charge in [0.15, 0.2) is 0 Å². The molecule has 0 heterocycles. The van der Waals surface area contributed by atoms with Crippen LogP contribution in [0.15, 0.2) is 0 Å². The van der Waals surface area contributed by atoms with Crippen molar-refractivity contribution in [3.05, 3.63) is 0 Å². The molecule has 0 spiro atoms. The van der Waals surface area contributed by atoms with Crippen molar-refractivity contribution in [1.82, 2.24) is 5.32 Å². The van der Waals surface area contributed by atoms with Crippen LogP contribution in [0.4, 0.5) is 0 Å². The van der Waals surface area contributed by atoms with Gasteiger partial charge in [-0.1, -0.05) is 20.3 Å². The lowest BCUT2D eigenvalue weighted by Gasteiger charge is -2.38. The minimum atomic E-state index is 0.939. The third-order valence-electron chi connectivity index (χ3n) is 3.44. The van der Waals surface area contributed by atoms with Crippen molar-refractivity contribution in [3.63, 3.8) is 0 Å². The van der Waals surface area contributed by atoms with Gasteiger partial charge >= 0.3 is 0 Å². The molecule has 1 rings (SSSR count). The van der Waals surface area contributed by atoms with Crippen molar-refractivity contribution in [3.8, 4) is 0 Å². The summed E-state index contributed by atoms with van der Waals surface area (Å²) in [6.07, 6.45) is 5.75. The average molecular weight is 169 g/mol. The molecule has 0 bridgehead atoms. The third-order valence-corrected chi connectivity index (χ3v) is 3.44. The Bertz CT molecular complexity index is 122. The number of nitrogens with one attached hydrogen (secondary N) is 1. The smallest absolute Gasteiger partial charge is 0.00209 e. The molecule has 1 nitrogen and oxygen atoms in total. The van der Waals surface area contributed by atoms with E-state index in [1.54, 1.807) is 0 Å². The van der Waals surface area contributed by atoms with E-state index in [1.165, 1.54) is 32.2 Å². The second-order valence-corrected chi connectivity index (χ2v) is 4.40. The zero-order valence-corrected chi connectivity index (χ0v) is 8.77. The van der Waals surface area contributed by atoms with Gasteiger partial charge in [-0.2, -0.15) is 0 Å². The molecule has 0 aromatic heterocycles. The normalized spacial score (nSPS) is 31.2. The van der Waals surface area contributed by atoms with Crippen molar-refractivity contribution >= 4 is 0 Å². The fourth-order valence-electron chi connectivity index (χ4n) is 2.16. The molecule has 0 amide bonds. The van der Waals surface area contributed by atoms with E-state index in [2.05, 4.69) is 26.2 Å². The molecule has 1 saturated carbocycles. The van der Waals surface area contributed by atoms with Crippen molar-refractivity contribution in [2.75, 3.05) is 13.6 Å². The molecule has 1 aliphatic rings. The first-order chi connectivity index (χ1) is 5.77.